The van der Waals surface area contributed by atoms with Gasteiger partial charge in [-0.2, -0.15) is 0 Å². The number of benzene rings is 2. The highest BCUT2D eigenvalue weighted by Gasteiger charge is 2.16. The number of halogens is 1. The molecule has 2 rings (SSSR count). The van der Waals surface area contributed by atoms with Gasteiger partial charge in [0.25, 0.3) is 5.91 Å². The van der Waals surface area contributed by atoms with Gasteiger partial charge in [0.2, 0.25) is 0 Å². The van der Waals surface area contributed by atoms with Crippen LogP contribution in [-0.2, 0) is 20.9 Å². The van der Waals surface area contributed by atoms with E-state index in [1.54, 1.807) is 43.3 Å². The van der Waals surface area contributed by atoms with Crippen molar-refractivity contribution in [1.82, 2.24) is 4.90 Å². The summed E-state index contributed by atoms with van der Waals surface area (Å²) in [4.78, 5) is 25.5. The lowest BCUT2D eigenvalue weighted by Crippen LogP contribution is -2.34. The standard InChI is InChI=1S/C20H22FNO5/c1-3-22(12-15-7-6-8-16(21)11-15)19(23)13-27-20(24)14-26-18-10-5-4-9-17(18)25-2/h4-11H,3,12-14H2,1-2H3. The van der Waals surface area contributed by atoms with E-state index < -0.39 is 12.6 Å². The highest BCUT2D eigenvalue weighted by molar-refractivity contribution is 5.81. The Kier molecular flexibility index (Phi) is 7.61. The first-order valence-electron chi connectivity index (χ1n) is 8.47. The van der Waals surface area contributed by atoms with Gasteiger partial charge in [-0.15, -0.1) is 0 Å². The molecule has 0 atom stereocenters. The fourth-order valence-electron chi connectivity index (χ4n) is 2.38. The number of carbonyl (C=O) groups is 2. The fraction of sp³-hybridized carbons (Fsp3) is 0.300. The Morgan fingerprint density at radius 2 is 1.78 bits per heavy atom. The van der Waals surface area contributed by atoms with E-state index in [9.17, 15) is 14.0 Å². The number of nitrogens with zero attached hydrogens (tertiary/aromatic N) is 1. The van der Waals surface area contributed by atoms with Crippen molar-refractivity contribution < 1.29 is 28.2 Å². The van der Waals surface area contributed by atoms with Gasteiger partial charge in [0.05, 0.1) is 7.11 Å². The lowest BCUT2D eigenvalue weighted by atomic mass is 10.2. The first kappa shape index (κ1) is 20.2. The van der Waals surface area contributed by atoms with Gasteiger partial charge in [-0.25, -0.2) is 9.18 Å². The minimum absolute atomic E-state index is 0.238. The Balaban J connectivity index is 1.81. The smallest absolute Gasteiger partial charge is 0.344 e. The molecule has 2 aromatic carbocycles. The lowest BCUT2D eigenvalue weighted by molar-refractivity contribution is -0.153. The van der Waals surface area contributed by atoms with Crippen molar-refractivity contribution in [2.24, 2.45) is 0 Å². The molecule has 0 saturated carbocycles. The summed E-state index contributed by atoms with van der Waals surface area (Å²) in [5.41, 5.74) is 0.663. The monoisotopic (exact) mass is 375 g/mol. The van der Waals surface area contributed by atoms with Gasteiger partial charge in [-0.1, -0.05) is 24.3 Å². The summed E-state index contributed by atoms with van der Waals surface area (Å²) in [6.07, 6.45) is 0. The first-order chi connectivity index (χ1) is 13.0. The average Bonchev–Trinajstić information content (AvgIpc) is 2.68. The van der Waals surface area contributed by atoms with E-state index in [-0.39, 0.29) is 24.9 Å². The third-order valence-electron chi connectivity index (χ3n) is 3.77. The SMILES string of the molecule is CCN(Cc1cccc(F)c1)C(=O)COC(=O)COc1ccccc1OC. The number of likely N-dealkylation sites (N-methyl/N-ethyl adjacent to an activating group) is 1. The summed E-state index contributed by atoms with van der Waals surface area (Å²) in [6, 6.07) is 12.9. The van der Waals surface area contributed by atoms with E-state index in [1.807, 2.05) is 0 Å². The Labute approximate surface area is 157 Å². The van der Waals surface area contributed by atoms with E-state index >= 15 is 0 Å². The summed E-state index contributed by atoms with van der Waals surface area (Å²) >= 11 is 0. The minimum atomic E-state index is -0.670. The topological polar surface area (TPSA) is 65.1 Å². The number of hydrogen-bond acceptors (Lipinski definition) is 5. The first-order valence-corrected chi connectivity index (χ1v) is 8.47. The summed E-state index contributed by atoms with van der Waals surface area (Å²) in [5.74, 6) is -0.502. The van der Waals surface area contributed by atoms with Gasteiger partial charge in [0.1, 0.15) is 5.82 Å². The normalized spacial score (nSPS) is 10.2. The zero-order valence-corrected chi connectivity index (χ0v) is 15.3. The number of methoxy groups -OCH3 is 1. The largest absolute Gasteiger partial charge is 0.493 e. The van der Waals surface area contributed by atoms with E-state index in [2.05, 4.69) is 0 Å². The predicted molar refractivity (Wildman–Crippen MR) is 96.9 cm³/mol. The van der Waals surface area contributed by atoms with Crippen molar-refractivity contribution in [3.05, 3.63) is 59.9 Å². The second-order valence-corrected chi connectivity index (χ2v) is 5.64. The maximum absolute atomic E-state index is 13.3. The van der Waals surface area contributed by atoms with Crippen LogP contribution in [0.15, 0.2) is 48.5 Å². The molecule has 27 heavy (non-hydrogen) atoms. The third-order valence-corrected chi connectivity index (χ3v) is 3.77. The second kappa shape index (κ2) is 10.2. The maximum atomic E-state index is 13.3. The molecule has 0 radical (unpaired) electrons. The summed E-state index contributed by atoms with van der Waals surface area (Å²) in [6.45, 7) is 1.69. The number of carbonyl (C=O) groups excluding carboxylic acids is 2. The second-order valence-electron chi connectivity index (χ2n) is 5.64. The van der Waals surface area contributed by atoms with Crippen molar-refractivity contribution in [1.29, 1.82) is 0 Å². The molecule has 144 valence electrons. The molecule has 0 aromatic heterocycles. The minimum Gasteiger partial charge on any atom is -0.493 e. The maximum Gasteiger partial charge on any atom is 0.344 e. The summed E-state index contributed by atoms with van der Waals surface area (Å²) in [5, 5.41) is 0. The van der Waals surface area contributed by atoms with Crippen LogP contribution in [0, 0.1) is 5.82 Å². The molecule has 1 amide bonds. The number of rotatable bonds is 9. The molecule has 0 aliphatic carbocycles. The molecule has 2 aromatic rings. The number of amides is 1. The average molecular weight is 375 g/mol. The molecular formula is C20H22FNO5. The Hall–Kier alpha value is -3.09. The molecule has 0 fully saturated rings. The predicted octanol–water partition coefficient (Wildman–Crippen LogP) is 2.81. The van der Waals surface area contributed by atoms with Crippen molar-refractivity contribution in [2.75, 3.05) is 26.9 Å². The summed E-state index contributed by atoms with van der Waals surface area (Å²) in [7, 11) is 1.50. The molecule has 0 unspecified atom stereocenters. The Morgan fingerprint density at radius 1 is 1.04 bits per heavy atom. The van der Waals surface area contributed by atoms with Gasteiger partial charge in [-0.3, -0.25) is 4.79 Å². The number of esters is 1. The van der Waals surface area contributed by atoms with Gasteiger partial charge in [0, 0.05) is 13.1 Å². The van der Waals surface area contributed by atoms with Crippen LogP contribution in [0.1, 0.15) is 12.5 Å². The van der Waals surface area contributed by atoms with Crippen LogP contribution < -0.4 is 9.47 Å². The number of para-hydroxylation sites is 2. The number of ether oxygens (including phenoxy) is 3. The molecule has 7 heteroatoms. The van der Waals surface area contributed by atoms with Gasteiger partial charge >= 0.3 is 5.97 Å². The van der Waals surface area contributed by atoms with E-state index in [1.165, 1.54) is 24.1 Å². The quantitative estimate of drug-likeness (QED) is 0.631. The lowest BCUT2D eigenvalue weighted by Gasteiger charge is -2.21. The van der Waals surface area contributed by atoms with Crippen LogP contribution in [0.4, 0.5) is 4.39 Å². The van der Waals surface area contributed by atoms with Gasteiger partial charge < -0.3 is 19.1 Å². The molecule has 0 spiro atoms. The molecule has 0 bridgehead atoms. The molecule has 0 N–H and O–H groups in total. The zero-order valence-electron chi connectivity index (χ0n) is 15.3. The Morgan fingerprint density at radius 3 is 2.44 bits per heavy atom. The van der Waals surface area contributed by atoms with Crippen molar-refractivity contribution >= 4 is 11.9 Å². The van der Waals surface area contributed by atoms with Crippen molar-refractivity contribution in [3.63, 3.8) is 0 Å². The third kappa shape index (κ3) is 6.29. The van der Waals surface area contributed by atoms with Crippen LogP contribution in [0.2, 0.25) is 0 Å². The molecule has 0 aliphatic heterocycles. The summed E-state index contributed by atoms with van der Waals surface area (Å²) < 4.78 is 28.7. The fourth-order valence-corrected chi connectivity index (χ4v) is 2.38. The van der Waals surface area contributed by atoms with Crippen LogP contribution in [-0.4, -0.2) is 43.6 Å². The highest BCUT2D eigenvalue weighted by Crippen LogP contribution is 2.25. The van der Waals surface area contributed by atoms with Crippen LogP contribution in [0.5, 0.6) is 11.5 Å². The van der Waals surface area contributed by atoms with E-state index in [0.717, 1.165) is 0 Å². The molecule has 0 aliphatic rings. The van der Waals surface area contributed by atoms with Gasteiger partial charge in [0.15, 0.2) is 24.7 Å². The Bertz CT molecular complexity index is 780. The van der Waals surface area contributed by atoms with E-state index in [0.29, 0.717) is 23.6 Å². The molecular weight excluding hydrogens is 353 g/mol. The molecule has 6 nitrogen and oxygen atoms in total. The molecule has 0 heterocycles. The number of hydrogen-bond donors (Lipinski definition) is 0. The molecule has 0 saturated heterocycles. The van der Waals surface area contributed by atoms with Crippen molar-refractivity contribution in [3.8, 4) is 11.5 Å². The van der Waals surface area contributed by atoms with Crippen LogP contribution in [0.3, 0.4) is 0 Å². The highest BCUT2D eigenvalue weighted by atomic mass is 19.1. The van der Waals surface area contributed by atoms with Crippen LogP contribution >= 0.6 is 0 Å². The van der Waals surface area contributed by atoms with Crippen LogP contribution in [0.25, 0.3) is 0 Å². The van der Waals surface area contributed by atoms with E-state index in [4.69, 9.17) is 14.2 Å². The van der Waals surface area contributed by atoms with Crippen molar-refractivity contribution in [2.45, 2.75) is 13.5 Å². The van der Waals surface area contributed by atoms with Gasteiger partial charge in [-0.05, 0) is 36.8 Å². The zero-order chi connectivity index (χ0) is 19.6.